The van der Waals surface area contributed by atoms with E-state index < -0.39 is 0 Å². The van der Waals surface area contributed by atoms with E-state index in [1.807, 2.05) is 78.9 Å². The summed E-state index contributed by atoms with van der Waals surface area (Å²) < 4.78 is 11.0. The number of carbonyl (C=O) groups is 1. The van der Waals surface area contributed by atoms with Gasteiger partial charge in [-0.3, -0.25) is 4.79 Å². The topological polar surface area (TPSA) is 47.6 Å². The Balaban J connectivity index is 1.72. The lowest BCUT2D eigenvalue weighted by Crippen LogP contribution is -2.29. The highest BCUT2D eigenvalue weighted by Gasteiger charge is 2.17. The molecule has 4 nitrogen and oxygen atoms in total. The van der Waals surface area contributed by atoms with Crippen LogP contribution in [0.3, 0.4) is 0 Å². The van der Waals surface area contributed by atoms with E-state index in [9.17, 15) is 4.79 Å². The monoisotopic (exact) mass is 375 g/mol. The second-order valence-electron chi connectivity index (χ2n) is 6.47. The zero-order valence-corrected chi connectivity index (χ0v) is 16.2. The first kappa shape index (κ1) is 19.5. The number of ether oxygens (including phenoxy) is 2. The van der Waals surface area contributed by atoms with E-state index in [1.54, 1.807) is 7.11 Å². The highest BCUT2D eigenvalue weighted by atomic mass is 16.5. The number of hydrogen-bond donors (Lipinski definition) is 1. The van der Waals surface area contributed by atoms with Crippen LogP contribution in [0.5, 0.6) is 11.5 Å². The second kappa shape index (κ2) is 9.60. The fraction of sp³-hybridized carbons (Fsp3) is 0.208. The standard InChI is InChI=1S/C24H25NO3/c1-3-23(18-13-15-20(27-2)16-14-18)25-24(26)22-12-8-7-9-19(22)17-28-21-10-5-4-6-11-21/h4-16,23H,3,17H2,1-2H3,(H,25,26)/t23-/m0/s1. The molecule has 0 heterocycles. The predicted octanol–water partition coefficient (Wildman–Crippen LogP) is 5.16. The Labute approximate surface area is 166 Å². The van der Waals surface area contributed by atoms with E-state index in [0.717, 1.165) is 29.0 Å². The van der Waals surface area contributed by atoms with Crippen LogP contribution in [-0.2, 0) is 6.61 Å². The van der Waals surface area contributed by atoms with Gasteiger partial charge in [0.2, 0.25) is 0 Å². The molecule has 0 aliphatic carbocycles. The molecule has 0 saturated carbocycles. The van der Waals surface area contributed by atoms with Crippen molar-refractivity contribution in [2.75, 3.05) is 7.11 Å². The molecule has 3 rings (SSSR count). The zero-order chi connectivity index (χ0) is 19.8. The molecule has 3 aromatic carbocycles. The lowest BCUT2D eigenvalue weighted by atomic mass is 10.0. The maximum absolute atomic E-state index is 13.0. The van der Waals surface area contributed by atoms with Crippen molar-refractivity contribution < 1.29 is 14.3 Å². The Hall–Kier alpha value is -3.27. The molecule has 144 valence electrons. The first-order chi connectivity index (χ1) is 13.7. The van der Waals surface area contributed by atoms with E-state index in [4.69, 9.17) is 9.47 Å². The Kier molecular flexibility index (Phi) is 6.68. The van der Waals surface area contributed by atoms with E-state index in [-0.39, 0.29) is 11.9 Å². The molecule has 0 aliphatic heterocycles. The van der Waals surface area contributed by atoms with Crippen molar-refractivity contribution in [1.82, 2.24) is 5.32 Å². The molecular weight excluding hydrogens is 350 g/mol. The van der Waals surface area contributed by atoms with Crippen LogP contribution in [-0.4, -0.2) is 13.0 Å². The van der Waals surface area contributed by atoms with Crippen molar-refractivity contribution in [2.45, 2.75) is 26.0 Å². The molecule has 0 saturated heterocycles. The van der Waals surface area contributed by atoms with Gasteiger partial charge < -0.3 is 14.8 Å². The van der Waals surface area contributed by atoms with Crippen molar-refractivity contribution in [3.8, 4) is 11.5 Å². The van der Waals surface area contributed by atoms with E-state index in [0.29, 0.717) is 12.2 Å². The Morgan fingerprint density at radius 3 is 2.25 bits per heavy atom. The van der Waals surface area contributed by atoms with E-state index in [1.165, 1.54) is 0 Å². The van der Waals surface area contributed by atoms with Gasteiger partial charge in [-0.15, -0.1) is 0 Å². The molecule has 3 aromatic rings. The highest BCUT2D eigenvalue weighted by Crippen LogP contribution is 2.21. The number of carbonyl (C=O) groups excluding carboxylic acids is 1. The van der Waals surface area contributed by atoms with Gasteiger partial charge in [0, 0.05) is 11.1 Å². The molecule has 1 N–H and O–H groups in total. The molecule has 0 aliphatic rings. The van der Waals surface area contributed by atoms with Gasteiger partial charge in [0.15, 0.2) is 0 Å². The van der Waals surface area contributed by atoms with Crippen molar-refractivity contribution in [2.24, 2.45) is 0 Å². The first-order valence-electron chi connectivity index (χ1n) is 9.41. The molecule has 0 radical (unpaired) electrons. The number of nitrogens with one attached hydrogen (secondary N) is 1. The minimum absolute atomic E-state index is 0.0681. The molecule has 0 bridgehead atoms. The van der Waals surface area contributed by atoms with Crippen LogP contribution in [0, 0.1) is 0 Å². The molecule has 0 aromatic heterocycles. The van der Waals surface area contributed by atoms with Crippen LogP contribution in [0.15, 0.2) is 78.9 Å². The molecule has 4 heteroatoms. The average molecular weight is 375 g/mol. The predicted molar refractivity (Wildman–Crippen MR) is 111 cm³/mol. The maximum Gasteiger partial charge on any atom is 0.252 e. The summed E-state index contributed by atoms with van der Waals surface area (Å²) in [6.07, 6.45) is 0.792. The summed E-state index contributed by atoms with van der Waals surface area (Å²) in [7, 11) is 1.64. The summed E-state index contributed by atoms with van der Waals surface area (Å²) in [6, 6.07) is 24.9. The maximum atomic E-state index is 13.0. The highest BCUT2D eigenvalue weighted by molar-refractivity contribution is 5.95. The van der Waals surface area contributed by atoms with Gasteiger partial charge in [-0.1, -0.05) is 55.5 Å². The smallest absolute Gasteiger partial charge is 0.252 e. The number of para-hydroxylation sites is 1. The molecule has 0 fully saturated rings. The van der Waals surface area contributed by atoms with Crippen molar-refractivity contribution in [1.29, 1.82) is 0 Å². The minimum atomic E-state index is -0.102. The SMILES string of the molecule is CC[C@H](NC(=O)c1ccccc1COc1ccccc1)c1ccc(OC)cc1. The zero-order valence-electron chi connectivity index (χ0n) is 16.2. The van der Waals surface area contributed by atoms with E-state index >= 15 is 0 Å². The fourth-order valence-electron chi connectivity index (χ4n) is 3.04. The number of rotatable bonds is 8. The van der Waals surface area contributed by atoms with E-state index in [2.05, 4.69) is 12.2 Å². The quantitative estimate of drug-likeness (QED) is 0.592. The lowest BCUT2D eigenvalue weighted by Gasteiger charge is -2.19. The minimum Gasteiger partial charge on any atom is -0.497 e. The van der Waals surface area contributed by atoms with Crippen LogP contribution in [0.1, 0.15) is 40.9 Å². The summed E-state index contributed by atoms with van der Waals surface area (Å²) >= 11 is 0. The lowest BCUT2D eigenvalue weighted by molar-refractivity contribution is 0.0933. The van der Waals surface area contributed by atoms with Gasteiger partial charge >= 0.3 is 0 Å². The summed E-state index contributed by atoms with van der Waals surface area (Å²) in [5, 5.41) is 3.14. The summed E-state index contributed by atoms with van der Waals surface area (Å²) in [4.78, 5) is 13.0. The van der Waals surface area contributed by atoms with Gasteiger partial charge in [0.1, 0.15) is 18.1 Å². The van der Waals surface area contributed by atoms with Crippen LogP contribution >= 0.6 is 0 Å². The van der Waals surface area contributed by atoms with Crippen molar-refractivity contribution >= 4 is 5.91 Å². The van der Waals surface area contributed by atoms with Gasteiger partial charge in [-0.2, -0.15) is 0 Å². The molecule has 0 spiro atoms. The molecule has 1 amide bonds. The largest absolute Gasteiger partial charge is 0.497 e. The third-order valence-electron chi connectivity index (χ3n) is 4.63. The van der Waals surface area contributed by atoms with Gasteiger partial charge in [0.25, 0.3) is 5.91 Å². The van der Waals surface area contributed by atoms with Crippen LogP contribution in [0.4, 0.5) is 0 Å². The van der Waals surface area contributed by atoms with Crippen molar-refractivity contribution in [3.63, 3.8) is 0 Å². The fourth-order valence-corrected chi connectivity index (χ4v) is 3.04. The van der Waals surface area contributed by atoms with Crippen LogP contribution in [0.25, 0.3) is 0 Å². The third-order valence-corrected chi connectivity index (χ3v) is 4.63. The number of hydrogen-bond acceptors (Lipinski definition) is 3. The summed E-state index contributed by atoms with van der Waals surface area (Å²) in [6.45, 7) is 2.40. The summed E-state index contributed by atoms with van der Waals surface area (Å²) in [5.41, 5.74) is 2.54. The molecule has 1 atom stereocenters. The van der Waals surface area contributed by atoms with Crippen LogP contribution < -0.4 is 14.8 Å². The Morgan fingerprint density at radius 1 is 0.893 bits per heavy atom. The number of amides is 1. The summed E-state index contributed by atoms with van der Waals surface area (Å²) in [5.74, 6) is 1.48. The third kappa shape index (κ3) is 4.92. The Morgan fingerprint density at radius 2 is 1.57 bits per heavy atom. The van der Waals surface area contributed by atoms with Gasteiger partial charge in [0.05, 0.1) is 13.2 Å². The molecular formula is C24H25NO3. The first-order valence-corrected chi connectivity index (χ1v) is 9.41. The van der Waals surface area contributed by atoms with Crippen molar-refractivity contribution in [3.05, 3.63) is 95.6 Å². The van der Waals surface area contributed by atoms with Crippen LogP contribution in [0.2, 0.25) is 0 Å². The average Bonchev–Trinajstić information content (AvgIpc) is 2.77. The number of methoxy groups -OCH3 is 1. The Bertz CT molecular complexity index is 891. The van der Waals surface area contributed by atoms with Gasteiger partial charge in [-0.25, -0.2) is 0 Å². The number of benzene rings is 3. The second-order valence-corrected chi connectivity index (χ2v) is 6.47. The molecule has 28 heavy (non-hydrogen) atoms. The normalized spacial score (nSPS) is 11.5. The van der Waals surface area contributed by atoms with Gasteiger partial charge in [-0.05, 0) is 42.3 Å². The molecule has 0 unspecified atom stereocenters.